The van der Waals surface area contributed by atoms with Gasteiger partial charge in [0.15, 0.2) is 3.95 Å². The van der Waals surface area contributed by atoms with Crippen LogP contribution in [-0.4, -0.2) is 0 Å². The van der Waals surface area contributed by atoms with Crippen molar-refractivity contribution in [1.29, 1.82) is 0 Å². The maximum absolute atomic E-state index is 5.72. The number of hydrogen-bond donors (Lipinski definition) is 0. The van der Waals surface area contributed by atoms with E-state index in [-0.39, 0.29) is 0 Å². The van der Waals surface area contributed by atoms with Crippen molar-refractivity contribution in [3.63, 3.8) is 0 Å². The third kappa shape index (κ3) is 4.39. The zero-order valence-corrected chi connectivity index (χ0v) is 9.45. The van der Waals surface area contributed by atoms with Gasteiger partial charge in [-0.25, -0.2) is 0 Å². The van der Waals surface area contributed by atoms with E-state index in [0.717, 1.165) is 4.90 Å². The van der Waals surface area contributed by atoms with Gasteiger partial charge in [-0.2, -0.15) is 0 Å². The molecule has 0 saturated heterocycles. The summed E-state index contributed by atoms with van der Waals surface area (Å²) in [4.78, 5) is 1.03. The summed E-state index contributed by atoms with van der Waals surface area (Å²) >= 11 is 17.7. The van der Waals surface area contributed by atoms with Gasteiger partial charge in [0.25, 0.3) is 0 Å². The Kier molecular flexibility index (Phi) is 3.73. The molecule has 0 aliphatic carbocycles. The molecule has 0 amide bonds. The van der Waals surface area contributed by atoms with E-state index in [4.69, 9.17) is 34.3 Å². The van der Waals surface area contributed by atoms with E-state index in [1.807, 2.05) is 30.3 Å². The molecule has 0 N–H and O–H groups in total. The lowest BCUT2D eigenvalue weighted by atomic mass is 10.4. The molecule has 11 heavy (non-hydrogen) atoms. The van der Waals surface area contributed by atoms with Gasteiger partial charge in [0.2, 0.25) is 0 Å². The van der Waals surface area contributed by atoms with Gasteiger partial charge in [-0.05, 0) is 12.1 Å². The lowest BCUT2D eigenvalue weighted by molar-refractivity contribution is 1.48. The molecule has 5 heteroatoms. The molecule has 0 saturated carbocycles. The predicted octanol–water partition coefficient (Wildman–Crippen LogP) is 4.48. The van der Waals surface area contributed by atoms with Crippen LogP contribution in [0.2, 0.25) is 0 Å². The van der Waals surface area contributed by atoms with E-state index in [9.17, 15) is 0 Å². The van der Waals surface area contributed by atoms with E-state index >= 15 is 0 Å². The van der Waals surface area contributed by atoms with Gasteiger partial charge in [-0.3, -0.25) is 0 Å². The fourth-order valence-corrected chi connectivity index (χ4v) is 4.44. The van der Waals surface area contributed by atoms with Crippen LogP contribution >= 0.6 is 37.8 Å². The first kappa shape index (κ1) is 9.88. The molecule has 0 bridgehead atoms. The van der Waals surface area contributed by atoms with Gasteiger partial charge in [0, 0.05) is 4.90 Å². The highest BCUT2D eigenvalue weighted by atomic mass is 35.9. The fourth-order valence-electron chi connectivity index (χ4n) is 0.604. The van der Waals surface area contributed by atoms with Crippen LogP contribution in [0.4, 0.5) is 0 Å². The van der Waals surface area contributed by atoms with Gasteiger partial charge < -0.3 is 0 Å². The van der Waals surface area contributed by atoms with Gasteiger partial charge in [-0.1, -0.05) is 63.9 Å². The van der Waals surface area contributed by atoms with Crippen LogP contribution in [0, 0.1) is 0 Å². The lowest BCUT2D eigenvalue weighted by Gasteiger charge is -2.02. The van der Waals surface area contributed by atoms with Crippen LogP contribution in [0.5, 0.6) is 0 Å². The summed E-state index contributed by atoms with van der Waals surface area (Å²) in [5.41, 5.74) is 0. The molecule has 0 aliphatic heterocycles. The molecule has 0 heterocycles. The number of benzene rings is 1. The minimum Gasteiger partial charge on any atom is -0.0622 e. The van der Waals surface area contributed by atoms with Crippen molar-refractivity contribution in [2.75, 3.05) is 0 Å². The molecule has 1 rings (SSSR count). The predicted molar refractivity (Wildman–Crippen MR) is 58.3 cm³/mol. The summed E-state index contributed by atoms with van der Waals surface area (Å²) in [6.07, 6.45) is 0. The molecule has 1 aromatic rings. The summed E-state index contributed by atoms with van der Waals surface area (Å²) in [5, 5.41) is 0. The third-order valence-corrected chi connectivity index (χ3v) is 4.83. The number of halogens is 2. The Bertz CT molecular complexity index is 269. The van der Waals surface area contributed by atoms with Crippen LogP contribution in [-0.2, 0) is 11.8 Å². The van der Waals surface area contributed by atoms with Gasteiger partial charge in [0.1, 0.15) is 0 Å². The van der Waals surface area contributed by atoms with Crippen molar-refractivity contribution in [3.05, 3.63) is 30.3 Å². The van der Waals surface area contributed by atoms with Crippen LogP contribution in [0.15, 0.2) is 35.2 Å². The highest BCUT2D eigenvalue weighted by Gasteiger charge is 2.09. The molecule has 0 radical (unpaired) electrons. The maximum atomic E-state index is 5.72. The van der Waals surface area contributed by atoms with E-state index in [0.29, 0.717) is 0 Å². The molecule has 0 aromatic heterocycles. The number of rotatable bonds is 2. The minimum atomic E-state index is -2.19. The first-order valence-electron chi connectivity index (χ1n) is 2.82. The monoisotopic (exact) mass is 242 g/mol. The van der Waals surface area contributed by atoms with Crippen LogP contribution < -0.4 is 0 Å². The van der Waals surface area contributed by atoms with Crippen molar-refractivity contribution < 1.29 is 0 Å². The van der Waals surface area contributed by atoms with Crippen molar-refractivity contribution in [1.82, 2.24) is 0 Å². The fraction of sp³-hybridized carbons (Fsp3) is 0. The zero-order valence-electron chi connectivity index (χ0n) is 5.41. The second kappa shape index (κ2) is 4.15. The Hall–Kier alpha value is 0.800. The minimum absolute atomic E-state index is 1.03. The first-order chi connectivity index (χ1) is 5.08. The molecule has 1 aromatic carbocycles. The largest absolute Gasteiger partial charge is 0.175 e. The topological polar surface area (TPSA) is 0 Å². The molecule has 0 unspecified atom stereocenters. The molecular weight excluding hydrogens is 238 g/mol. The smallest absolute Gasteiger partial charge is 0.0622 e. The average molecular weight is 243 g/mol. The summed E-state index contributed by atoms with van der Waals surface area (Å²) in [7, 11) is 0. The van der Waals surface area contributed by atoms with Gasteiger partial charge in [0.05, 0.1) is 0 Å². The van der Waals surface area contributed by atoms with Crippen molar-refractivity contribution in [3.8, 4) is 0 Å². The average Bonchev–Trinajstić information content (AvgIpc) is 1.85. The summed E-state index contributed by atoms with van der Waals surface area (Å²) < 4.78 is -2.19. The highest BCUT2D eigenvalue weighted by Crippen LogP contribution is 2.70. The third-order valence-electron chi connectivity index (χ3n) is 0.955. The van der Waals surface area contributed by atoms with Gasteiger partial charge in [-0.15, -0.1) is 0 Å². The second-order valence-corrected chi connectivity index (χ2v) is 13.8. The molecule has 0 aliphatic rings. The van der Waals surface area contributed by atoms with Crippen molar-refractivity contribution in [2.45, 2.75) is 4.90 Å². The summed E-state index contributed by atoms with van der Waals surface area (Å²) in [6.45, 7) is 0. The second-order valence-electron chi connectivity index (χ2n) is 1.82. The SMILES string of the molecule is S=P(Cl)(Cl)Sc1ccccc1. The van der Waals surface area contributed by atoms with Crippen molar-refractivity contribution >= 4 is 49.6 Å². The van der Waals surface area contributed by atoms with E-state index in [2.05, 4.69) is 0 Å². The van der Waals surface area contributed by atoms with Crippen LogP contribution in [0.1, 0.15) is 0 Å². The highest BCUT2D eigenvalue weighted by molar-refractivity contribution is 8.85. The first-order valence-corrected chi connectivity index (χ1v) is 8.85. The molecule has 0 atom stereocenters. The van der Waals surface area contributed by atoms with E-state index < -0.39 is 3.95 Å². The van der Waals surface area contributed by atoms with Crippen molar-refractivity contribution in [2.24, 2.45) is 0 Å². The Balaban J connectivity index is 2.74. The Morgan fingerprint density at radius 1 is 1.18 bits per heavy atom. The van der Waals surface area contributed by atoms with Crippen LogP contribution in [0.25, 0.3) is 0 Å². The van der Waals surface area contributed by atoms with E-state index in [1.165, 1.54) is 11.4 Å². The summed E-state index contributed by atoms with van der Waals surface area (Å²) in [6, 6.07) is 9.69. The zero-order chi connectivity index (χ0) is 8.32. The quantitative estimate of drug-likeness (QED) is 0.702. The maximum Gasteiger partial charge on any atom is 0.175 e. The molecule has 0 nitrogen and oxygen atoms in total. The van der Waals surface area contributed by atoms with Crippen LogP contribution in [0.3, 0.4) is 0 Å². The molecular formula is C6H5Cl2PS2. The Morgan fingerprint density at radius 3 is 2.18 bits per heavy atom. The van der Waals surface area contributed by atoms with Gasteiger partial charge >= 0.3 is 0 Å². The standard InChI is InChI=1S/C6H5Cl2PS2/c7-9(8,10)11-6-4-2-1-3-5-6/h1-5H. The Labute approximate surface area is 84.6 Å². The molecule has 0 fully saturated rings. The molecule has 0 spiro atoms. The number of hydrogen-bond acceptors (Lipinski definition) is 2. The molecule has 60 valence electrons. The Morgan fingerprint density at radius 2 is 1.73 bits per heavy atom. The normalized spacial score (nSPS) is 11.5. The summed E-state index contributed by atoms with van der Waals surface area (Å²) in [5.74, 6) is 0. The van der Waals surface area contributed by atoms with E-state index in [1.54, 1.807) is 0 Å². The lowest BCUT2D eigenvalue weighted by Crippen LogP contribution is -1.63.